The van der Waals surface area contributed by atoms with Gasteiger partial charge in [-0.25, -0.2) is 0 Å². The number of hydrogen-bond donors (Lipinski definition) is 1. The van der Waals surface area contributed by atoms with Crippen molar-refractivity contribution >= 4 is 15.9 Å². The SMILES string of the molecule is C[C@@H]1C[C@H](C)CN(C[C@@H](O)COc2ccccc2Br)C1. The molecule has 2 rings (SSSR count). The Morgan fingerprint density at radius 1 is 1.30 bits per heavy atom. The van der Waals surface area contributed by atoms with Crippen LogP contribution in [0.1, 0.15) is 20.3 Å². The van der Waals surface area contributed by atoms with Gasteiger partial charge in [0.2, 0.25) is 0 Å². The van der Waals surface area contributed by atoms with Crippen LogP contribution in [0.3, 0.4) is 0 Å². The molecular formula is C16H24BrNO2. The number of hydrogen-bond acceptors (Lipinski definition) is 3. The molecule has 1 aromatic rings. The van der Waals surface area contributed by atoms with Crippen LogP contribution in [0.4, 0.5) is 0 Å². The molecule has 1 aliphatic heterocycles. The van der Waals surface area contributed by atoms with Crippen LogP contribution in [0.25, 0.3) is 0 Å². The summed E-state index contributed by atoms with van der Waals surface area (Å²) in [6.45, 7) is 7.76. The number of aliphatic hydroxyl groups is 1. The van der Waals surface area contributed by atoms with Crippen molar-refractivity contribution in [1.82, 2.24) is 4.90 Å². The molecule has 1 heterocycles. The summed E-state index contributed by atoms with van der Waals surface area (Å²) < 4.78 is 6.59. The van der Waals surface area contributed by atoms with Crippen molar-refractivity contribution in [1.29, 1.82) is 0 Å². The van der Waals surface area contributed by atoms with Crippen molar-refractivity contribution in [3.05, 3.63) is 28.7 Å². The minimum Gasteiger partial charge on any atom is -0.490 e. The third-order valence-corrected chi connectivity index (χ3v) is 4.34. The minimum absolute atomic E-state index is 0.335. The Bertz CT molecular complexity index is 417. The molecule has 0 amide bonds. The second-order valence-electron chi connectivity index (χ2n) is 6.06. The number of likely N-dealkylation sites (tertiary alicyclic amines) is 1. The highest BCUT2D eigenvalue weighted by Gasteiger charge is 2.23. The van der Waals surface area contributed by atoms with Crippen molar-refractivity contribution in [2.45, 2.75) is 26.4 Å². The molecule has 0 bridgehead atoms. The number of nitrogens with zero attached hydrogens (tertiary/aromatic N) is 1. The van der Waals surface area contributed by atoms with Crippen molar-refractivity contribution in [2.24, 2.45) is 11.8 Å². The lowest BCUT2D eigenvalue weighted by Gasteiger charge is -2.35. The molecule has 20 heavy (non-hydrogen) atoms. The molecule has 0 aromatic heterocycles. The van der Waals surface area contributed by atoms with Crippen molar-refractivity contribution in [3.8, 4) is 5.75 Å². The first kappa shape index (κ1) is 15.8. The normalized spacial score (nSPS) is 25.4. The van der Waals surface area contributed by atoms with Gasteiger partial charge in [-0.1, -0.05) is 26.0 Å². The molecule has 3 atom stereocenters. The first-order valence-corrected chi connectivity index (χ1v) is 8.11. The van der Waals surface area contributed by atoms with E-state index in [1.165, 1.54) is 6.42 Å². The zero-order valence-electron chi connectivity index (χ0n) is 12.3. The number of benzene rings is 1. The Labute approximate surface area is 130 Å². The van der Waals surface area contributed by atoms with E-state index in [-0.39, 0.29) is 0 Å². The van der Waals surface area contributed by atoms with E-state index >= 15 is 0 Å². The summed E-state index contributed by atoms with van der Waals surface area (Å²) in [4.78, 5) is 2.35. The van der Waals surface area contributed by atoms with Crippen molar-refractivity contribution in [3.63, 3.8) is 0 Å². The number of piperidine rings is 1. The van der Waals surface area contributed by atoms with E-state index in [2.05, 4.69) is 34.7 Å². The van der Waals surface area contributed by atoms with Crippen LogP contribution in [0.2, 0.25) is 0 Å². The van der Waals surface area contributed by atoms with Gasteiger partial charge in [0.15, 0.2) is 0 Å². The first-order chi connectivity index (χ1) is 9.54. The summed E-state index contributed by atoms with van der Waals surface area (Å²) in [6.07, 6.45) is 0.847. The van der Waals surface area contributed by atoms with Crippen molar-refractivity contribution < 1.29 is 9.84 Å². The van der Waals surface area contributed by atoms with Gasteiger partial charge in [-0.05, 0) is 46.3 Å². The van der Waals surface area contributed by atoms with Crippen LogP contribution in [-0.4, -0.2) is 42.4 Å². The second kappa shape index (κ2) is 7.43. The van der Waals surface area contributed by atoms with Gasteiger partial charge in [-0.15, -0.1) is 0 Å². The number of ether oxygens (including phenoxy) is 1. The summed E-state index contributed by atoms with van der Waals surface area (Å²) in [5.74, 6) is 2.22. The number of aliphatic hydroxyl groups excluding tert-OH is 1. The summed E-state index contributed by atoms with van der Waals surface area (Å²) in [5, 5.41) is 10.1. The maximum Gasteiger partial charge on any atom is 0.133 e. The van der Waals surface area contributed by atoms with Crippen LogP contribution < -0.4 is 4.74 Å². The molecule has 0 spiro atoms. The number of para-hydroxylation sites is 1. The fourth-order valence-electron chi connectivity index (χ4n) is 3.04. The van der Waals surface area contributed by atoms with E-state index < -0.39 is 6.10 Å². The van der Waals surface area contributed by atoms with Gasteiger partial charge in [0, 0.05) is 19.6 Å². The third kappa shape index (κ3) is 4.76. The molecule has 1 aliphatic rings. The molecule has 0 radical (unpaired) electrons. The predicted octanol–water partition coefficient (Wildman–Crippen LogP) is 3.17. The topological polar surface area (TPSA) is 32.7 Å². The molecular weight excluding hydrogens is 318 g/mol. The number of halogens is 1. The maximum atomic E-state index is 10.1. The Morgan fingerprint density at radius 2 is 1.95 bits per heavy atom. The van der Waals surface area contributed by atoms with Gasteiger partial charge in [-0.3, -0.25) is 0 Å². The van der Waals surface area contributed by atoms with Crippen LogP contribution in [0.5, 0.6) is 5.75 Å². The van der Waals surface area contributed by atoms with Gasteiger partial charge in [0.1, 0.15) is 18.5 Å². The van der Waals surface area contributed by atoms with Gasteiger partial charge in [0.05, 0.1) is 4.47 Å². The number of rotatable bonds is 5. The van der Waals surface area contributed by atoms with Crippen LogP contribution in [0.15, 0.2) is 28.7 Å². The average Bonchev–Trinajstić information content (AvgIpc) is 2.36. The van der Waals surface area contributed by atoms with Crippen LogP contribution in [0, 0.1) is 11.8 Å². The highest BCUT2D eigenvalue weighted by atomic mass is 79.9. The molecule has 1 N–H and O–H groups in total. The van der Waals surface area contributed by atoms with E-state index in [1.54, 1.807) is 0 Å². The molecule has 1 aromatic carbocycles. The molecule has 0 saturated carbocycles. The smallest absolute Gasteiger partial charge is 0.133 e. The van der Waals surface area contributed by atoms with E-state index in [0.29, 0.717) is 13.2 Å². The van der Waals surface area contributed by atoms with E-state index in [4.69, 9.17) is 4.74 Å². The lowest BCUT2D eigenvalue weighted by molar-refractivity contribution is 0.0427. The molecule has 3 nitrogen and oxygen atoms in total. The predicted molar refractivity (Wildman–Crippen MR) is 85.0 cm³/mol. The lowest BCUT2D eigenvalue weighted by Crippen LogP contribution is -2.44. The Hall–Kier alpha value is -0.580. The highest BCUT2D eigenvalue weighted by molar-refractivity contribution is 9.10. The van der Waals surface area contributed by atoms with Crippen LogP contribution in [-0.2, 0) is 0 Å². The molecule has 0 aliphatic carbocycles. The first-order valence-electron chi connectivity index (χ1n) is 7.32. The summed E-state index contributed by atoms with van der Waals surface area (Å²) in [7, 11) is 0. The fraction of sp³-hybridized carbons (Fsp3) is 0.625. The van der Waals surface area contributed by atoms with Crippen LogP contribution >= 0.6 is 15.9 Å². The molecule has 1 fully saturated rings. The van der Waals surface area contributed by atoms with Gasteiger partial charge in [-0.2, -0.15) is 0 Å². The number of β-amino-alcohol motifs (C(OH)–C–C–N with tert-alkyl or cyclic N) is 1. The maximum absolute atomic E-state index is 10.1. The molecule has 112 valence electrons. The highest BCUT2D eigenvalue weighted by Crippen LogP contribution is 2.24. The zero-order chi connectivity index (χ0) is 14.5. The Kier molecular flexibility index (Phi) is 5.87. The molecule has 1 saturated heterocycles. The molecule has 0 unspecified atom stereocenters. The molecule has 4 heteroatoms. The zero-order valence-corrected chi connectivity index (χ0v) is 13.8. The van der Waals surface area contributed by atoms with E-state index in [0.717, 1.165) is 35.1 Å². The second-order valence-corrected chi connectivity index (χ2v) is 6.91. The van der Waals surface area contributed by atoms with E-state index in [1.807, 2.05) is 24.3 Å². The summed E-state index contributed by atoms with van der Waals surface area (Å²) in [6, 6.07) is 7.72. The summed E-state index contributed by atoms with van der Waals surface area (Å²) in [5.41, 5.74) is 0. The monoisotopic (exact) mass is 341 g/mol. The van der Waals surface area contributed by atoms with Gasteiger partial charge < -0.3 is 14.7 Å². The summed E-state index contributed by atoms with van der Waals surface area (Å²) >= 11 is 3.44. The Morgan fingerprint density at radius 3 is 2.60 bits per heavy atom. The lowest BCUT2D eigenvalue weighted by atomic mass is 9.92. The van der Waals surface area contributed by atoms with Gasteiger partial charge in [0.25, 0.3) is 0 Å². The van der Waals surface area contributed by atoms with Gasteiger partial charge >= 0.3 is 0 Å². The van der Waals surface area contributed by atoms with E-state index in [9.17, 15) is 5.11 Å². The third-order valence-electron chi connectivity index (χ3n) is 3.68. The largest absolute Gasteiger partial charge is 0.490 e. The standard InChI is InChI=1S/C16H24BrNO2/c1-12-7-13(2)9-18(8-12)10-14(19)11-20-16-6-4-3-5-15(16)17/h3-6,12-14,19H,7-11H2,1-2H3/t12-,13+,14-/m1/s1. The minimum atomic E-state index is -0.445. The quantitative estimate of drug-likeness (QED) is 0.892. The Balaban J connectivity index is 1.78. The fourth-order valence-corrected chi connectivity index (χ4v) is 3.44. The average molecular weight is 342 g/mol. The van der Waals surface area contributed by atoms with Crippen molar-refractivity contribution in [2.75, 3.05) is 26.2 Å².